The number of fused-ring (bicyclic) bond motifs is 1. The lowest BCUT2D eigenvalue weighted by Crippen LogP contribution is -1.99. The third-order valence-electron chi connectivity index (χ3n) is 1.99. The molecular formula is C9H6N2O4. The summed E-state index contributed by atoms with van der Waals surface area (Å²) in [7, 11) is 0. The predicted octanol–water partition coefficient (Wildman–Crippen LogP) is 1.28. The number of nitro groups is 1. The molecule has 2 aromatic rings. The Morgan fingerprint density at radius 3 is 2.67 bits per heavy atom. The van der Waals surface area contributed by atoms with E-state index in [-0.39, 0.29) is 22.3 Å². The van der Waals surface area contributed by atoms with Gasteiger partial charge in [0.25, 0.3) is 0 Å². The second-order valence-corrected chi connectivity index (χ2v) is 2.93. The first-order chi connectivity index (χ1) is 7.09. The van der Waals surface area contributed by atoms with Crippen LogP contribution in [0.15, 0.2) is 33.5 Å². The van der Waals surface area contributed by atoms with Crippen LogP contribution in [0.5, 0.6) is 0 Å². The summed E-state index contributed by atoms with van der Waals surface area (Å²) in [5.41, 5.74) is 4.87. The van der Waals surface area contributed by atoms with Gasteiger partial charge in [-0.3, -0.25) is 10.1 Å². The molecular weight excluding hydrogens is 200 g/mol. The Balaban J connectivity index is 2.94. The van der Waals surface area contributed by atoms with Crippen molar-refractivity contribution in [2.75, 3.05) is 5.73 Å². The van der Waals surface area contributed by atoms with Gasteiger partial charge in [0.05, 0.1) is 10.3 Å². The fraction of sp³-hybridized carbons (Fsp3) is 0. The Morgan fingerprint density at radius 2 is 2.00 bits per heavy atom. The minimum absolute atomic E-state index is 0.0429. The molecule has 0 saturated carbocycles. The minimum Gasteiger partial charge on any atom is -0.422 e. The van der Waals surface area contributed by atoms with Crippen LogP contribution >= 0.6 is 0 Å². The third-order valence-corrected chi connectivity index (χ3v) is 1.99. The van der Waals surface area contributed by atoms with E-state index in [4.69, 9.17) is 10.2 Å². The van der Waals surface area contributed by atoms with Gasteiger partial charge in [0.1, 0.15) is 11.3 Å². The van der Waals surface area contributed by atoms with Crippen molar-refractivity contribution in [2.24, 2.45) is 0 Å². The first-order valence-electron chi connectivity index (χ1n) is 4.06. The topological polar surface area (TPSA) is 99.4 Å². The number of nitrogens with zero attached hydrogens (tertiary/aromatic N) is 1. The van der Waals surface area contributed by atoms with Crippen molar-refractivity contribution in [3.05, 3.63) is 44.8 Å². The van der Waals surface area contributed by atoms with Gasteiger partial charge in [-0.25, -0.2) is 4.79 Å². The highest BCUT2D eigenvalue weighted by Crippen LogP contribution is 2.30. The van der Waals surface area contributed by atoms with Crippen LogP contribution in [0, 0.1) is 10.1 Å². The molecule has 0 atom stereocenters. The van der Waals surface area contributed by atoms with Gasteiger partial charge in [-0.05, 0) is 18.2 Å². The van der Waals surface area contributed by atoms with Crippen LogP contribution in [-0.2, 0) is 0 Å². The van der Waals surface area contributed by atoms with Crippen LogP contribution < -0.4 is 11.4 Å². The molecule has 0 radical (unpaired) electrons. The first kappa shape index (κ1) is 9.20. The molecule has 76 valence electrons. The van der Waals surface area contributed by atoms with Crippen molar-refractivity contribution in [1.29, 1.82) is 0 Å². The molecule has 0 unspecified atom stereocenters. The van der Waals surface area contributed by atoms with E-state index >= 15 is 0 Å². The van der Waals surface area contributed by atoms with Crippen LogP contribution in [0.2, 0.25) is 0 Å². The van der Waals surface area contributed by atoms with E-state index in [9.17, 15) is 14.9 Å². The van der Waals surface area contributed by atoms with Crippen LogP contribution in [0.25, 0.3) is 11.0 Å². The minimum atomic E-state index is -0.600. The average molecular weight is 206 g/mol. The van der Waals surface area contributed by atoms with Crippen molar-refractivity contribution in [2.45, 2.75) is 0 Å². The first-order valence-corrected chi connectivity index (χ1v) is 4.06. The Morgan fingerprint density at radius 1 is 1.27 bits per heavy atom. The summed E-state index contributed by atoms with van der Waals surface area (Å²) in [5, 5.41) is 10.9. The van der Waals surface area contributed by atoms with Gasteiger partial charge < -0.3 is 10.2 Å². The summed E-state index contributed by atoms with van der Waals surface area (Å²) in [6.45, 7) is 0. The summed E-state index contributed by atoms with van der Waals surface area (Å²) in [6.07, 6.45) is 0. The van der Waals surface area contributed by atoms with E-state index in [0.717, 1.165) is 6.07 Å². The van der Waals surface area contributed by atoms with Crippen molar-refractivity contribution in [1.82, 2.24) is 0 Å². The van der Waals surface area contributed by atoms with Crippen LogP contribution in [0.4, 0.5) is 11.4 Å². The molecule has 0 aliphatic rings. The second-order valence-electron chi connectivity index (χ2n) is 2.93. The maximum absolute atomic E-state index is 10.9. The Labute approximate surface area is 83.1 Å². The molecule has 6 nitrogen and oxygen atoms in total. The fourth-order valence-electron chi connectivity index (χ4n) is 1.35. The largest absolute Gasteiger partial charge is 0.422 e. The summed E-state index contributed by atoms with van der Waals surface area (Å²) >= 11 is 0. The highest BCUT2D eigenvalue weighted by molar-refractivity contribution is 5.92. The van der Waals surface area contributed by atoms with Crippen LogP contribution in [0.1, 0.15) is 0 Å². The Hall–Kier alpha value is -2.37. The van der Waals surface area contributed by atoms with Crippen molar-refractivity contribution in [3.8, 4) is 0 Å². The number of nitrogen functional groups attached to an aromatic ring is 1. The number of anilines is 1. The molecule has 0 fully saturated rings. The molecule has 6 heteroatoms. The molecule has 0 spiro atoms. The van der Waals surface area contributed by atoms with E-state index in [1.807, 2.05) is 0 Å². The molecule has 0 amide bonds. The zero-order chi connectivity index (χ0) is 11.0. The predicted molar refractivity (Wildman–Crippen MR) is 53.6 cm³/mol. The molecule has 0 bridgehead atoms. The highest BCUT2D eigenvalue weighted by atomic mass is 16.6. The standard InChI is InChI=1S/C9H6N2O4/c10-6-2-3-7-5(9(6)11(13)14)1-4-8(12)15-7/h1-4H,10H2. The lowest BCUT2D eigenvalue weighted by molar-refractivity contribution is -0.382. The SMILES string of the molecule is Nc1ccc2oc(=O)ccc2c1[N+](=O)[O-]. The van der Waals surface area contributed by atoms with Gasteiger partial charge in [-0.1, -0.05) is 0 Å². The highest BCUT2D eigenvalue weighted by Gasteiger charge is 2.17. The van der Waals surface area contributed by atoms with Gasteiger partial charge in [-0.2, -0.15) is 0 Å². The molecule has 2 rings (SSSR count). The zero-order valence-corrected chi connectivity index (χ0v) is 7.47. The van der Waals surface area contributed by atoms with Crippen molar-refractivity contribution in [3.63, 3.8) is 0 Å². The summed E-state index contributed by atoms with van der Waals surface area (Å²) < 4.78 is 4.79. The lowest BCUT2D eigenvalue weighted by atomic mass is 10.2. The monoisotopic (exact) mass is 206 g/mol. The summed E-state index contributed by atoms with van der Waals surface area (Å²) in [4.78, 5) is 21.0. The molecule has 1 heterocycles. The van der Waals surface area contributed by atoms with Crippen molar-refractivity contribution < 1.29 is 9.34 Å². The number of nitro benzene ring substituents is 1. The second kappa shape index (κ2) is 3.09. The Kier molecular flexibility index (Phi) is 1.89. The van der Waals surface area contributed by atoms with E-state index in [1.54, 1.807) is 0 Å². The van der Waals surface area contributed by atoms with Gasteiger partial charge >= 0.3 is 11.3 Å². The molecule has 0 aliphatic carbocycles. The van der Waals surface area contributed by atoms with Gasteiger partial charge in [-0.15, -0.1) is 0 Å². The van der Waals surface area contributed by atoms with Gasteiger partial charge in [0, 0.05) is 6.07 Å². The summed E-state index contributed by atoms with van der Waals surface area (Å²) in [5.74, 6) is 0. The van der Waals surface area contributed by atoms with Gasteiger partial charge in [0.2, 0.25) is 0 Å². The number of hydrogen-bond donors (Lipinski definition) is 1. The maximum Gasteiger partial charge on any atom is 0.336 e. The van der Waals surface area contributed by atoms with E-state index < -0.39 is 10.5 Å². The van der Waals surface area contributed by atoms with Gasteiger partial charge in [0.15, 0.2) is 0 Å². The summed E-state index contributed by atoms with van der Waals surface area (Å²) in [6, 6.07) is 5.22. The number of nitrogens with two attached hydrogens (primary N) is 1. The quantitative estimate of drug-likeness (QED) is 0.328. The van der Waals surface area contributed by atoms with E-state index in [1.165, 1.54) is 18.2 Å². The van der Waals surface area contributed by atoms with Crippen molar-refractivity contribution >= 4 is 22.3 Å². The lowest BCUT2D eigenvalue weighted by Gasteiger charge is -2.00. The molecule has 2 N–H and O–H groups in total. The van der Waals surface area contributed by atoms with E-state index in [0.29, 0.717) is 0 Å². The molecule has 0 aliphatic heterocycles. The number of hydrogen-bond acceptors (Lipinski definition) is 5. The Bertz CT molecular complexity index is 603. The smallest absolute Gasteiger partial charge is 0.336 e. The zero-order valence-electron chi connectivity index (χ0n) is 7.47. The third kappa shape index (κ3) is 1.41. The normalized spacial score (nSPS) is 10.4. The van der Waals surface area contributed by atoms with Crippen LogP contribution in [0.3, 0.4) is 0 Å². The number of rotatable bonds is 1. The van der Waals surface area contributed by atoms with E-state index in [2.05, 4.69) is 0 Å². The molecule has 1 aromatic carbocycles. The maximum atomic E-state index is 10.9. The fourth-order valence-corrected chi connectivity index (χ4v) is 1.35. The van der Waals surface area contributed by atoms with Crippen LogP contribution in [-0.4, -0.2) is 4.92 Å². The number of benzene rings is 1. The molecule has 0 saturated heterocycles. The average Bonchev–Trinajstić information content (AvgIpc) is 2.17. The molecule has 1 aromatic heterocycles. The molecule has 15 heavy (non-hydrogen) atoms.